The van der Waals surface area contributed by atoms with E-state index >= 15 is 0 Å². The molecule has 1 aromatic heterocycles. The Morgan fingerprint density at radius 3 is 2.67 bits per heavy atom. The Kier molecular flexibility index (Phi) is 3.68. The van der Waals surface area contributed by atoms with Crippen molar-refractivity contribution in [3.8, 4) is 0 Å². The molecule has 0 bridgehead atoms. The number of nitrogens with zero attached hydrogens (tertiary/aromatic N) is 1. The molecule has 0 radical (unpaired) electrons. The molecule has 0 atom stereocenters. The van der Waals surface area contributed by atoms with Crippen LogP contribution in [0.1, 0.15) is 21.8 Å². The first-order valence-corrected chi connectivity index (χ1v) is 6.16. The highest BCUT2D eigenvalue weighted by atomic mass is 32.1. The topological polar surface area (TPSA) is 38.9 Å². The fourth-order valence-corrected chi connectivity index (χ4v) is 2.40. The molecule has 0 fully saturated rings. The van der Waals surface area contributed by atoms with Crippen LogP contribution in [-0.2, 0) is 19.1 Å². The minimum atomic E-state index is -4.30. The van der Waals surface area contributed by atoms with Crippen LogP contribution < -0.4 is 5.73 Å². The Morgan fingerprint density at radius 2 is 2.06 bits per heavy atom. The predicted octanol–water partition coefficient (Wildman–Crippen LogP) is 3.21. The summed E-state index contributed by atoms with van der Waals surface area (Å²) in [7, 11) is 0. The van der Waals surface area contributed by atoms with Gasteiger partial charge in [0.1, 0.15) is 0 Å². The van der Waals surface area contributed by atoms with Crippen molar-refractivity contribution in [2.45, 2.75) is 19.1 Å². The first-order chi connectivity index (χ1) is 8.49. The van der Waals surface area contributed by atoms with Gasteiger partial charge in [-0.05, 0) is 11.6 Å². The van der Waals surface area contributed by atoms with E-state index in [1.165, 1.54) is 17.4 Å². The summed E-state index contributed by atoms with van der Waals surface area (Å²) in [5.74, 6) is 0. The average Bonchev–Trinajstić information content (AvgIpc) is 2.76. The molecule has 0 saturated heterocycles. The number of aromatic nitrogens is 1. The molecule has 0 aliphatic rings. The van der Waals surface area contributed by atoms with Gasteiger partial charge < -0.3 is 5.73 Å². The molecule has 0 unspecified atom stereocenters. The van der Waals surface area contributed by atoms with Gasteiger partial charge in [-0.25, -0.2) is 4.98 Å². The van der Waals surface area contributed by atoms with Crippen molar-refractivity contribution < 1.29 is 13.2 Å². The van der Waals surface area contributed by atoms with Crippen LogP contribution in [0.5, 0.6) is 0 Å². The lowest BCUT2D eigenvalue weighted by Gasteiger charge is -2.07. The van der Waals surface area contributed by atoms with Gasteiger partial charge in [0.15, 0.2) is 0 Å². The van der Waals surface area contributed by atoms with E-state index in [0.29, 0.717) is 18.5 Å². The maximum atomic E-state index is 12.5. The lowest BCUT2D eigenvalue weighted by atomic mass is 10.1. The molecule has 1 heterocycles. The van der Waals surface area contributed by atoms with Crippen LogP contribution in [0.2, 0.25) is 0 Å². The summed E-state index contributed by atoms with van der Waals surface area (Å²) in [6, 6.07) is 5.30. The fourth-order valence-electron chi connectivity index (χ4n) is 1.56. The van der Waals surface area contributed by atoms with Crippen molar-refractivity contribution in [3.05, 3.63) is 51.5 Å². The van der Waals surface area contributed by atoms with E-state index in [-0.39, 0.29) is 0 Å². The van der Waals surface area contributed by atoms with Crippen molar-refractivity contribution in [1.82, 2.24) is 4.98 Å². The van der Waals surface area contributed by atoms with Crippen molar-refractivity contribution in [2.75, 3.05) is 0 Å². The molecule has 96 valence electrons. The first-order valence-electron chi connectivity index (χ1n) is 5.28. The minimum absolute atomic E-state index is 0.346. The van der Waals surface area contributed by atoms with Gasteiger partial charge in [-0.2, -0.15) is 13.2 Å². The summed E-state index contributed by atoms with van der Waals surface area (Å²) in [5.41, 5.74) is 6.17. The van der Waals surface area contributed by atoms with Gasteiger partial charge in [-0.1, -0.05) is 18.2 Å². The van der Waals surface area contributed by atoms with E-state index in [1.54, 1.807) is 6.07 Å². The van der Waals surface area contributed by atoms with Gasteiger partial charge in [0.05, 0.1) is 16.3 Å². The first kappa shape index (κ1) is 13.0. The number of hydrogen-bond acceptors (Lipinski definition) is 3. The van der Waals surface area contributed by atoms with Crippen LogP contribution in [0.4, 0.5) is 13.2 Å². The lowest BCUT2D eigenvalue weighted by molar-refractivity contribution is -0.137. The molecule has 0 amide bonds. The van der Waals surface area contributed by atoms with Crippen LogP contribution in [0, 0.1) is 0 Å². The SMILES string of the molecule is NCc1csc(Cc2cccc(C(F)(F)F)c2)n1. The van der Waals surface area contributed by atoms with Crippen molar-refractivity contribution in [2.24, 2.45) is 5.73 Å². The normalized spacial score (nSPS) is 11.8. The summed E-state index contributed by atoms with van der Waals surface area (Å²) in [4.78, 5) is 4.23. The number of nitrogens with two attached hydrogens (primary N) is 1. The van der Waals surface area contributed by atoms with Crippen molar-refractivity contribution in [1.29, 1.82) is 0 Å². The number of alkyl halides is 3. The molecule has 6 heteroatoms. The highest BCUT2D eigenvalue weighted by Gasteiger charge is 2.30. The summed E-state index contributed by atoms with van der Waals surface area (Å²) in [5, 5.41) is 2.60. The number of rotatable bonds is 3. The summed E-state index contributed by atoms with van der Waals surface area (Å²) in [6.45, 7) is 0.346. The van der Waals surface area contributed by atoms with Crippen molar-refractivity contribution >= 4 is 11.3 Å². The third kappa shape index (κ3) is 3.08. The average molecular weight is 272 g/mol. The van der Waals surface area contributed by atoms with Gasteiger partial charge in [0.2, 0.25) is 0 Å². The van der Waals surface area contributed by atoms with E-state index in [2.05, 4.69) is 4.98 Å². The van der Waals surface area contributed by atoms with Crippen LogP contribution in [0.25, 0.3) is 0 Å². The zero-order chi connectivity index (χ0) is 13.2. The molecule has 0 aliphatic heterocycles. The van der Waals surface area contributed by atoms with E-state index < -0.39 is 11.7 Å². The molecule has 2 N–H and O–H groups in total. The fraction of sp³-hybridized carbons (Fsp3) is 0.250. The molecule has 2 rings (SSSR count). The Labute approximate surface area is 106 Å². The Hall–Kier alpha value is -1.40. The van der Waals surface area contributed by atoms with Gasteiger partial charge in [-0.15, -0.1) is 11.3 Å². The molecule has 2 nitrogen and oxygen atoms in total. The Bertz CT molecular complexity index is 534. The van der Waals surface area contributed by atoms with E-state index in [0.717, 1.165) is 22.8 Å². The molecule has 0 saturated carbocycles. The molecule has 18 heavy (non-hydrogen) atoms. The number of benzene rings is 1. The van der Waals surface area contributed by atoms with Gasteiger partial charge in [-0.3, -0.25) is 0 Å². The van der Waals surface area contributed by atoms with E-state index in [1.807, 2.05) is 5.38 Å². The Morgan fingerprint density at radius 1 is 1.28 bits per heavy atom. The monoisotopic (exact) mass is 272 g/mol. The van der Waals surface area contributed by atoms with Crippen molar-refractivity contribution in [3.63, 3.8) is 0 Å². The number of thiazole rings is 1. The summed E-state index contributed by atoms with van der Waals surface area (Å²) < 4.78 is 37.6. The smallest absolute Gasteiger partial charge is 0.325 e. The molecule has 2 aromatic rings. The second-order valence-corrected chi connectivity index (χ2v) is 4.75. The largest absolute Gasteiger partial charge is 0.416 e. The zero-order valence-electron chi connectivity index (χ0n) is 9.37. The summed E-state index contributed by atoms with van der Waals surface area (Å²) >= 11 is 1.41. The van der Waals surface area contributed by atoms with Crippen LogP contribution in [0.15, 0.2) is 29.6 Å². The maximum Gasteiger partial charge on any atom is 0.416 e. The van der Waals surface area contributed by atoms with Gasteiger partial charge >= 0.3 is 6.18 Å². The highest BCUT2D eigenvalue weighted by Crippen LogP contribution is 2.30. The third-order valence-electron chi connectivity index (χ3n) is 2.42. The maximum absolute atomic E-state index is 12.5. The molecular formula is C12H11F3N2S. The van der Waals surface area contributed by atoms with Crippen LogP contribution in [-0.4, -0.2) is 4.98 Å². The van der Waals surface area contributed by atoms with Gasteiger partial charge in [0.25, 0.3) is 0 Å². The van der Waals surface area contributed by atoms with Crippen LogP contribution in [0.3, 0.4) is 0 Å². The predicted molar refractivity (Wildman–Crippen MR) is 64.3 cm³/mol. The lowest BCUT2D eigenvalue weighted by Crippen LogP contribution is -2.05. The molecule has 0 aliphatic carbocycles. The quantitative estimate of drug-likeness (QED) is 0.931. The zero-order valence-corrected chi connectivity index (χ0v) is 10.2. The highest BCUT2D eigenvalue weighted by molar-refractivity contribution is 7.09. The molecular weight excluding hydrogens is 261 g/mol. The van der Waals surface area contributed by atoms with E-state index in [4.69, 9.17) is 5.73 Å². The summed E-state index contributed by atoms with van der Waals surface area (Å²) in [6.07, 6.45) is -3.91. The van der Waals surface area contributed by atoms with Crippen LogP contribution >= 0.6 is 11.3 Å². The second-order valence-electron chi connectivity index (χ2n) is 3.81. The third-order valence-corrected chi connectivity index (χ3v) is 3.32. The number of hydrogen-bond donors (Lipinski definition) is 1. The number of halogens is 3. The van der Waals surface area contributed by atoms with Gasteiger partial charge in [0, 0.05) is 18.3 Å². The standard InChI is InChI=1S/C12H11F3N2S/c13-12(14,15)9-3-1-2-8(4-9)5-11-17-10(6-16)7-18-11/h1-4,7H,5-6,16H2. The minimum Gasteiger partial charge on any atom is -0.325 e. The van der Waals surface area contributed by atoms with E-state index in [9.17, 15) is 13.2 Å². The molecule has 0 spiro atoms. The Balaban J connectivity index is 2.19. The molecule has 1 aromatic carbocycles. The second kappa shape index (κ2) is 5.07.